The van der Waals surface area contributed by atoms with E-state index in [2.05, 4.69) is 11.2 Å². The third-order valence-electron chi connectivity index (χ3n) is 5.54. The van der Waals surface area contributed by atoms with Crippen molar-refractivity contribution in [3.8, 4) is 5.75 Å². The van der Waals surface area contributed by atoms with Gasteiger partial charge in [0, 0.05) is 5.56 Å². The summed E-state index contributed by atoms with van der Waals surface area (Å²) in [6.45, 7) is 0.885. The smallest absolute Gasteiger partial charge is 0.337 e. The zero-order valence-corrected chi connectivity index (χ0v) is 16.9. The summed E-state index contributed by atoms with van der Waals surface area (Å²) in [6.07, 6.45) is 2.05. The quantitative estimate of drug-likeness (QED) is 0.513. The lowest BCUT2D eigenvalue weighted by Crippen LogP contribution is -2.06. The van der Waals surface area contributed by atoms with Crippen LogP contribution in [0.4, 0.5) is 0 Å². The Hall–Kier alpha value is -4.06. The average molecular weight is 412 g/mol. The maximum Gasteiger partial charge on any atom is 0.337 e. The van der Waals surface area contributed by atoms with Crippen LogP contribution < -0.4 is 10.3 Å². The first-order chi connectivity index (χ1) is 15.2. The van der Waals surface area contributed by atoms with Crippen molar-refractivity contribution in [1.29, 1.82) is 0 Å². The van der Waals surface area contributed by atoms with Gasteiger partial charge in [-0.25, -0.2) is 4.79 Å². The monoisotopic (exact) mass is 412 g/mol. The molecule has 0 radical (unpaired) electrons. The molecule has 154 valence electrons. The van der Waals surface area contributed by atoms with E-state index in [1.165, 1.54) is 7.11 Å². The van der Waals surface area contributed by atoms with E-state index < -0.39 is 5.97 Å². The molecule has 0 saturated heterocycles. The van der Waals surface area contributed by atoms with Gasteiger partial charge < -0.3 is 9.47 Å². The number of aromatic nitrogens is 2. The lowest BCUT2D eigenvalue weighted by atomic mass is 9.93. The topological polar surface area (TPSA) is 73.3 Å². The van der Waals surface area contributed by atoms with E-state index >= 15 is 0 Å². The molecule has 0 saturated carbocycles. The Balaban J connectivity index is 1.67. The molecule has 2 heterocycles. The predicted molar refractivity (Wildman–Crippen MR) is 118 cm³/mol. The van der Waals surface area contributed by atoms with Crippen LogP contribution in [0.25, 0.3) is 16.5 Å². The number of aromatic amines is 1. The van der Waals surface area contributed by atoms with Crippen LogP contribution in [-0.4, -0.2) is 22.9 Å². The largest absolute Gasteiger partial charge is 0.488 e. The molecule has 0 unspecified atom stereocenters. The number of hydrogen-bond donors (Lipinski definition) is 1. The van der Waals surface area contributed by atoms with Gasteiger partial charge in [-0.2, -0.15) is 0 Å². The number of methoxy groups -OCH3 is 1. The summed E-state index contributed by atoms with van der Waals surface area (Å²) in [6, 6.07) is 20.8. The highest BCUT2D eigenvalue weighted by Gasteiger charge is 2.21. The van der Waals surface area contributed by atoms with Crippen LogP contribution in [-0.2, 0) is 17.9 Å². The molecule has 4 aromatic rings. The van der Waals surface area contributed by atoms with Crippen LogP contribution in [0.5, 0.6) is 5.75 Å². The standard InChI is InChI=1S/C25H20N2O4/c1-30-25(29)16-10-11-23-21(14-16)19(18-7-3-2-6-17(18)15-31-23)12-13-27-22-9-5-4-8-20(22)24(28)26-27/h2-12,14H,13,15H2,1H3,(H,26,28)/b19-12+. The van der Waals surface area contributed by atoms with Crippen molar-refractivity contribution in [2.24, 2.45) is 0 Å². The van der Waals surface area contributed by atoms with Gasteiger partial charge >= 0.3 is 5.97 Å². The van der Waals surface area contributed by atoms with Crippen molar-refractivity contribution in [2.75, 3.05) is 7.11 Å². The van der Waals surface area contributed by atoms with Crippen molar-refractivity contribution in [3.63, 3.8) is 0 Å². The van der Waals surface area contributed by atoms with Crippen molar-refractivity contribution in [1.82, 2.24) is 9.78 Å². The summed E-state index contributed by atoms with van der Waals surface area (Å²) in [5.41, 5.74) is 5.00. The zero-order chi connectivity index (χ0) is 21.4. The van der Waals surface area contributed by atoms with Crippen LogP contribution in [0, 0.1) is 0 Å². The van der Waals surface area contributed by atoms with Crippen molar-refractivity contribution < 1.29 is 14.3 Å². The number of allylic oxidation sites excluding steroid dienone is 1. The number of esters is 1. The van der Waals surface area contributed by atoms with Gasteiger partial charge in [0.2, 0.25) is 0 Å². The molecule has 6 nitrogen and oxygen atoms in total. The Kier molecular flexibility index (Phi) is 4.67. The first kappa shape index (κ1) is 18.9. The van der Waals surface area contributed by atoms with Gasteiger partial charge in [0.1, 0.15) is 12.4 Å². The molecule has 6 heteroatoms. The summed E-state index contributed by atoms with van der Waals surface area (Å²) in [4.78, 5) is 24.4. The van der Waals surface area contributed by atoms with Crippen molar-refractivity contribution in [2.45, 2.75) is 13.2 Å². The first-order valence-electron chi connectivity index (χ1n) is 9.97. The predicted octanol–water partition coefficient (Wildman–Crippen LogP) is 4.14. The molecule has 0 bridgehead atoms. The molecule has 1 aromatic heterocycles. The summed E-state index contributed by atoms with van der Waals surface area (Å²) in [5, 5.41) is 3.56. The molecule has 3 aromatic carbocycles. The van der Waals surface area contributed by atoms with Crippen LogP contribution in [0.1, 0.15) is 27.0 Å². The number of nitrogens with one attached hydrogen (secondary N) is 1. The molecule has 0 aliphatic carbocycles. The van der Waals surface area contributed by atoms with Gasteiger partial charge in [-0.15, -0.1) is 0 Å². The van der Waals surface area contributed by atoms with Crippen LogP contribution in [0.3, 0.4) is 0 Å². The highest BCUT2D eigenvalue weighted by Crippen LogP contribution is 2.37. The van der Waals surface area contributed by atoms with Gasteiger partial charge in [-0.1, -0.05) is 42.5 Å². The Morgan fingerprint density at radius 2 is 1.90 bits per heavy atom. The molecule has 0 fully saturated rings. The number of hydrogen-bond acceptors (Lipinski definition) is 4. The van der Waals surface area contributed by atoms with Gasteiger partial charge in [0.15, 0.2) is 0 Å². The molecule has 0 atom stereocenters. The summed E-state index contributed by atoms with van der Waals surface area (Å²) in [5.74, 6) is 0.293. The number of fused-ring (bicyclic) bond motifs is 3. The van der Waals surface area contributed by atoms with Crippen molar-refractivity contribution in [3.05, 3.63) is 105 Å². The minimum Gasteiger partial charge on any atom is -0.488 e. The number of carbonyl (C=O) groups excluding carboxylic acids is 1. The minimum absolute atomic E-state index is 0.119. The summed E-state index contributed by atoms with van der Waals surface area (Å²) in [7, 11) is 1.37. The maximum absolute atomic E-state index is 12.3. The highest BCUT2D eigenvalue weighted by atomic mass is 16.5. The molecule has 1 N–H and O–H groups in total. The molecular formula is C25H20N2O4. The normalized spacial score (nSPS) is 13.9. The van der Waals surface area contributed by atoms with E-state index in [4.69, 9.17) is 9.47 Å². The summed E-state index contributed by atoms with van der Waals surface area (Å²) >= 11 is 0. The molecule has 0 amide bonds. The Morgan fingerprint density at radius 1 is 1.10 bits per heavy atom. The molecule has 31 heavy (non-hydrogen) atoms. The maximum atomic E-state index is 12.3. The Morgan fingerprint density at radius 3 is 2.77 bits per heavy atom. The minimum atomic E-state index is -0.402. The van der Waals surface area contributed by atoms with Crippen LogP contribution in [0.15, 0.2) is 77.6 Å². The number of rotatable bonds is 3. The number of para-hydroxylation sites is 1. The molecule has 1 aliphatic rings. The second-order valence-electron chi connectivity index (χ2n) is 7.33. The summed E-state index contributed by atoms with van der Waals surface area (Å²) < 4.78 is 12.8. The second-order valence-corrected chi connectivity index (χ2v) is 7.33. The van der Waals surface area contributed by atoms with Gasteiger partial charge in [-0.05, 0) is 47.0 Å². The number of carbonyl (C=O) groups is 1. The van der Waals surface area contributed by atoms with Crippen molar-refractivity contribution >= 4 is 22.4 Å². The number of nitrogens with zero attached hydrogens (tertiary/aromatic N) is 1. The van der Waals surface area contributed by atoms with E-state index in [9.17, 15) is 9.59 Å². The van der Waals surface area contributed by atoms with Crippen LogP contribution >= 0.6 is 0 Å². The lowest BCUT2D eigenvalue weighted by Gasteiger charge is -2.12. The molecule has 1 aliphatic heterocycles. The van der Waals surface area contributed by atoms with E-state index in [0.29, 0.717) is 29.9 Å². The molecule has 0 spiro atoms. The second kappa shape index (κ2) is 7.65. The SMILES string of the molecule is COC(=O)c1ccc2c(c1)/C(=C/Cn1[nH]c(=O)c3ccccc31)c1ccccc1CO2. The number of benzene rings is 3. The first-order valence-corrected chi connectivity index (χ1v) is 9.97. The van der Waals surface area contributed by atoms with Gasteiger partial charge in [0.05, 0.1) is 30.1 Å². The fourth-order valence-corrected chi connectivity index (χ4v) is 4.01. The Bertz CT molecular complexity index is 1390. The van der Waals surface area contributed by atoms with E-state index in [-0.39, 0.29) is 5.56 Å². The van der Waals surface area contributed by atoms with E-state index in [0.717, 1.165) is 27.8 Å². The lowest BCUT2D eigenvalue weighted by molar-refractivity contribution is 0.0600. The van der Waals surface area contributed by atoms with Gasteiger partial charge in [-0.3, -0.25) is 14.6 Å². The van der Waals surface area contributed by atoms with Crippen LogP contribution in [0.2, 0.25) is 0 Å². The molecular weight excluding hydrogens is 392 g/mol. The van der Waals surface area contributed by atoms with Gasteiger partial charge in [0.25, 0.3) is 5.56 Å². The van der Waals surface area contributed by atoms with E-state index in [1.54, 1.807) is 18.2 Å². The number of ether oxygens (including phenoxy) is 2. The highest BCUT2D eigenvalue weighted by molar-refractivity contribution is 5.93. The fourth-order valence-electron chi connectivity index (χ4n) is 4.01. The average Bonchev–Trinajstić information content (AvgIpc) is 3.04. The fraction of sp³-hybridized carbons (Fsp3) is 0.120. The van der Waals surface area contributed by atoms with E-state index in [1.807, 2.05) is 53.2 Å². The Labute approximate surface area is 178 Å². The number of H-pyrrole nitrogens is 1. The molecule has 5 rings (SSSR count). The zero-order valence-electron chi connectivity index (χ0n) is 16.9. The third-order valence-corrected chi connectivity index (χ3v) is 5.54. The third kappa shape index (κ3) is 3.32.